The highest BCUT2D eigenvalue weighted by atomic mass is 32.1. The van der Waals surface area contributed by atoms with E-state index in [1.54, 1.807) is 0 Å². The van der Waals surface area contributed by atoms with Crippen LogP contribution in [-0.2, 0) is 0 Å². The van der Waals surface area contributed by atoms with Gasteiger partial charge in [0.15, 0.2) is 0 Å². The maximum Gasteiger partial charge on any atom is 0.110 e. The quantitative estimate of drug-likeness (QED) is 0.741. The molecule has 1 aromatic heterocycles. The number of rotatable bonds is 1. The number of hydrogen-bond donors (Lipinski definition) is 1. The van der Waals surface area contributed by atoms with E-state index in [4.69, 9.17) is 11.0 Å². The maximum absolute atomic E-state index is 8.76. The highest BCUT2D eigenvalue weighted by Crippen LogP contribution is 2.32. The van der Waals surface area contributed by atoms with Gasteiger partial charge in [0.25, 0.3) is 0 Å². The van der Waals surface area contributed by atoms with Crippen molar-refractivity contribution in [1.29, 1.82) is 5.26 Å². The molecule has 0 aliphatic carbocycles. The Morgan fingerprint density at radius 1 is 1.27 bits per heavy atom. The van der Waals surface area contributed by atoms with Crippen molar-refractivity contribution in [2.24, 2.45) is 0 Å². The predicted octanol–water partition coefficient (Wildman–Crippen LogP) is 3.18. The highest BCUT2D eigenvalue weighted by molar-refractivity contribution is 7.16. The summed E-state index contributed by atoms with van der Waals surface area (Å²) in [6.07, 6.45) is 0. The Hall–Kier alpha value is -1.79. The third-order valence-corrected chi connectivity index (χ3v) is 3.38. The molecule has 0 fully saturated rings. The van der Waals surface area contributed by atoms with Crippen LogP contribution in [0.25, 0.3) is 10.4 Å². The minimum Gasteiger partial charge on any atom is -0.398 e. The monoisotopic (exact) mass is 214 g/mol. The van der Waals surface area contributed by atoms with Gasteiger partial charge in [0.1, 0.15) is 10.9 Å². The van der Waals surface area contributed by atoms with Gasteiger partial charge >= 0.3 is 0 Å². The molecule has 15 heavy (non-hydrogen) atoms. The Morgan fingerprint density at radius 2 is 2.07 bits per heavy atom. The number of hydrogen-bond acceptors (Lipinski definition) is 3. The second kappa shape index (κ2) is 3.76. The van der Waals surface area contributed by atoms with Crippen LogP contribution in [-0.4, -0.2) is 0 Å². The first-order chi connectivity index (χ1) is 7.22. The first kappa shape index (κ1) is 9.75. The lowest BCUT2D eigenvalue weighted by atomic mass is 10.1. The predicted molar refractivity (Wildman–Crippen MR) is 63.6 cm³/mol. The van der Waals surface area contributed by atoms with E-state index in [1.165, 1.54) is 11.3 Å². The fraction of sp³-hybridized carbons (Fsp3) is 0.0833. The van der Waals surface area contributed by atoms with Crippen molar-refractivity contribution < 1.29 is 0 Å². The molecule has 0 saturated carbocycles. The molecule has 0 amide bonds. The van der Waals surface area contributed by atoms with Crippen LogP contribution in [0.5, 0.6) is 0 Å². The topological polar surface area (TPSA) is 49.8 Å². The Morgan fingerprint density at radius 3 is 2.73 bits per heavy atom. The lowest BCUT2D eigenvalue weighted by Gasteiger charge is -2.05. The zero-order valence-corrected chi connectivity index (χ0v) is 9.14. The lowest BCUT2D eigenvalue weighted by Crippen LogP contribution is -1.90. The second-order valence-corrected chi connectivity index (χ2v) is 4.38. The number of anilines is 1. The molecule has 74 valence electrons. The molecule has 0 spiro atoms. The van der Waals surface area contributed by atoms with E-state index in [2.05, 4.69) is 6.07 Å². The number of nitrogens with zero attached hydrogens (tertiary/aromatic N) is 1. The Kier molecular flexibility index (Phi) is 2.44. The molecule has 1 aromatic carbocycles. The van der Waals surface area contributed by atoms with E-state index in [1.807, 2.05) is 37.3 Å². The summed E-state index contributed by atoms with van der Waals surface area (Å²) in [4.78, 5) is 1.82. The van der Waals surface area contributed by atoms with E-state index in [0.717, 1.165) is 26.6 Å². The highest BCUT2D eigenvalue weighted by Gasteiger charge is 2.06. The fourth-order valence-corrected chi connectivity index (χ4v) is 2.35. The van der Waals surface area contributed by atoms with Crippen LogP contribution in [0, 0.1) is 18.3 Å². The Balaban J connectivity index is 2.55. The summed E-state index contributed by atoms with van der Waals surface area (Å²) in [5.41, 5.74) is 8.81. The minimum atomic E-state index is 0.729. The zero-order valence-electron chi connectivity index (χ0n) is 8.32. The standard InChI is InChI=1S/C12H10N2S/c1-8-10(3-2-4-11(8)14)12-6-5-9(7-13)15-12/h2-6H,14H2,1H3. The summed E-state index contributed by atoms with van der Waals surface area (Å²) in [6, 6.07) is 11.8. The van der Waals surface area contributed by atoms with Gasteiger partial charge in [-0.05, 0) is 36.2 Å². The third-order valence-electron chi connectivity index (χ3n) is 2.36. The zero-order chi connectivity index (χ0) is 10.8. The Bertz CT molecular complexity index is 535. The molecule has 0 saturated heterocycles. The van der Waals surface area contributed by atoms with E-state index in [-0.39, 0.29) is 0 Å². The molecular weight excluding hydrogens is 204 g/mol. The number of nitrogens with two attached hydrogens (primary N) is 1. The summed E-state index contributed by atoms with van der Waals surface area (Å²) < 4.78 is 0. The first-order valence-corrected chi connectivity index (χ1v) is 5.39. The summed E-state index contributed by atoms with van der Waals surface area (Å²) in [5.74, 6) is 0. The van der Waals surface area contributed by atoms with Gasteiger partial charge in [0.2, 0.25) is 0 Å². The van der Waals surface area contributed by atoms with Crippen LogP contribution >= 0.6 is 11.3 Å². The lowest BCUT2D eigenvalue weighted by molar-refractivity contribution is 1.47. The van der Waals surface area contributed by atoms with Gasteiger partial charge in [-0.1, -0.05) is 12.1 Å². The Labute approximate surface area is 92.6 Å². The van der Waals surface area contributed by atoms with E-state index < -0.39 is 0 Å². The van der Waals surface area contributed by atoms with Crippen LogP contribution in [0.3, 0.4) is 0 Å². The molecule has 0 unspecified atom stereocenters. The number of nitrogen functional groups attached to an aromatic ring is 1. The van der Waals surface area contributed by atoms with Crippen molar-refractivity contribution in [3.63, 3.8) is 0 Å². The van der Waals surface area contributed by atoms with Crippen molar-refractivity contribution in [2.45, 2.75) is 6.92 Å². The van der Waals surface area contributed by atoms with Crippen LogP contribution in [0.15, 0.2) is 30.3 Å². The van der Waals surface area contributed by atoms with Gasteiger partial charge in [-0.25, -0.2) is 0 Å². The van der Waals surface area contributed by atoms with Crippen LogP contribution < -0.4 is 5.73 Å². The molecule has 1 heterocycles. The summed E-state index contributed by atoms with van der Waals surface area (Å²) in [7, 11) is 0. The molecule has 2 N–H and O–H groups in total. The molecule has 0 radical (unpaired) electrons. The van der Waals surface area contributed by atoms with Gasteiger partial charge in [-0.2, -0.15) is 5.26 Å². The van der Waals surface area contributed by atoms with Gasteiger partial charge in [-0.3, -0.25) is 0 Å². The number of thiophene rings is 1. The smallest absolute Gasteiger partial charge is 0.110 e. The van der Waals surface area contributed by atoms with Gasteiger partial charge in [0, 0.05) is 10.6 Å². The maximum atomic E-state index is 8.76. The summed E-state index contributed by atoms with van der Waals surface area (Å²) in [5, 5.41) is 8.76. The van der Waals surface area contributed by atoms with Crippen LogP contribution in [0.2, 0.25) is 0 Å². The number of benzene rings is 1. The molecular formula is C12H10N2S. The molecule has 2 rings (SSSR count). The average Bonchev–Trinajstić information content (AvgIpc) is 2.70. The van der Waals surface area contributed by atoms with Crippen LogP contribution in [0.1, 0.15) is 10.4 Å². The van der Waals surface area contributed by atoms with E-state index in [9.17, 15) is 0 Å². The minimum absolute atomic E-state index is 0.729. The molecule has 2 nitrogen and oxygen atoms in total. The van der Waals surface area contributed by atoms with Crippen molar-refractivity contribution in [1.82, 2.24) is 0 Å². The van der Waals surface area contributed by atoms with Crippen molar-refractivity contribution in [3.05, 3.63) is 40.8 Å². The van der Waals surface area contributed by atoms with Gasteiger partial charge < -0.3 is 5.73 Å². The average molecular weight is 214 g/mol. The summed E-state index contributed by atoms with van der Waals surface area (Å²) >= 11 is 1.49. The fourth-order valence-electron chi connectivity index (χ4n) is 1.46. The summed E-state index contributed by atoms with van der Waals surface area (Å²) in [6.45, 7) is 2.00. The van der Waals surface area contributed by atoms with Gasteiger partial charge in [-0.15, -0.1) is 11.3 Å². The van der Waals surface area contributed by atoms with Gasteiger partial charge in [0.05, 0.1) is 0 Å². The van der Waals surface area contributed by atoms with Crippen molar-refractivity contribution in [3.8, 4) is 16.5 Å². The van der Waals surface area contributed by atoms with Crippen molar-refractivity contribution >= 4 is 17.0 Å². The van der Waals surface area contributed by atoms with E-state index >= 15 is 0 Å². The molecule has 0 aliphatic rings. The number of nitriles is 1. The first-order valence-electron chi connectivity index (χ1n) is 4.58. The van der Waals surface area contributed by atoms with Crippen molar-refractivity contribution in [2.75, 3.05) is 5.73 Å². The van der Waals surface area contributed by atoms with E-state index in [0.29, 0.717) is 0 Å². The largest absolute Gasteiger partial charge is 0.398 e. The second-order valence-electron chi connectivity index (χ2n) is 3.30. The molecule has 3 heteroatoms. The molecule has 2 aromatic rings. The normalized spacial score (nSPS) is 9.87. The molecule has 0 aliphatic heterocycles. The van der Waals surface area contributed by atoms with Crippen LogP contribution in [0.4, 0.5) is 5.69 Å². The molecule has 0 bridgehead atoms. The third kappa shape index (κ3) is 1.72. The molecule has 0 atom stereocenters. The SMILES string of the molecule is Cc1c(N)cccc1-c1ccc(C#N)s1.